The third kappa shape index (κ3) is 4.60. The average Bonchev–Trinajstić information content (AvgIpc) is 3.30. The first kappa shape index (κ1) is 21.4. The summed E-state index contributed by atoms with van der Waals surface area (Å²) < 4.78 is 11.1. The fourth-order valence-corrected chi connectivity index (χ4v) is 5.48. The number of aromatic nitrogens is 2. The molecule has 0 saturated heterocycles. The monoisotopic (exact) mass is 454 g/mol. The van der Waals surface area contributed by atoms with Crippen LogP contribution in [0.15, 0.2) is 33.9 Å². The summed E-state index contributed by atoms with van der Waals surface area (Å²) in [5.41, 5.74) is 2.42. The third-order valence-corrected chi connectivity index (χ3v) is 7.30. The van der Waals surface area contributed by atoms with Crippen molar-refractivity contribution in [2.75, 3.05) is 12.4 Å². The molecule has 0 radical (unpaired) electrons. The summed E-state index contributed by atoms with van der Waals surface area (Å²) in [5, 5.41) is 21.2. The van der Waals surface area contributed by atoms with Gasteiger partial charge < -0.3 is 14.5 Å². The van der Waals surface area contributed by atoms with Crippen LogP contribution >= 0.6 is 23.1 Å². The SMILES string of the molecule is COc1ccccc1-c1nnc(S[C@H](C)C(=O)Nc2sc3c(c2C#N)CCCCC3)o1. The molecule has 4 rings (SSSR count). The van der Waals surface area contributed by atoms with Gasteiger partial charge in [0.1, 0.15) is 16.8 Å². The van der Waals surface area contributed by atoms with Crippen LogP contribution in [0.1, 0.15) is 42.2 Å². The molecule has 160 valence electrons. The number of thiophene rings is 1. The molecule has 1 aromatic carbocycles. The summed E-state index contributed by atoms with van der Waals surface area (Å²) >= 11 is 2.71. The second kappa shape index (κ2) is 9.54. The van der Waals surface area contributed by atoms with E-state index in [9.17, 15) is 10.1 Å². The van der Waals surface area contributed by atoms with Gasteiger partial charge >= 0.3 is 0 Å². The highest BCUT2D eigenvalue weighted by atomic mass is 32.2. The number of benzene rings is 1. The molecule has 9 heteroatoms. The maximum atomic E-state index is 12.8. The Morgan fingerprint density at radius 1 is 1.29 bits per heavy atom. The summed E-state index contributed by atoms with van der Waals surface area (Å²) in [7, 11) is 1.58. The highest BCUT2D eigenvalue weighted by molar-refractivity contribution is 8.00. The molecular formula is C22H22N4O3S2. The molecule has 0 fully saturated rings. The number of fused-ring (bicyclic) bond motifs is 1. The number of ether oxygens (including phenoxy) is 1. The molecule has 0 unspecified atom stereocenters. The van der Waals surface area contributed by atoms with Crippen molar-refractivity contribution in [3.05, 3.63) is 40.3 Å². The lowest BCUT2D eigenvalue weighted by Gasteiger charge is -2.09. The number of hydrogen-bond acceptors (Lipinski definition) is 8. The first-order chi connectivity index (χ1) is 15.1. The van der Waals surface area contributed by atoms with Crippen molar-refractivity contribution in [1.29, 1.82) is 5.26 Å². The maximum Gasteiger partial charge on any atom is 0.277 e. The Bertz CT molecular complexity index is 1130. The zero-order valence-electron chi connectivity index (χ0n) is 17.3. The molecule has 2 heterocycles. The normalized spacial score (nSPS) is 14.2. The number of methoxy groups -OCH3 is 1. The number of rotatable bonds is 6. The van der Waals surface area contributed by atoms with Crippen LogP contribution in [0, 0.1) is 11.3 Å². The van der Waals surface area contributed by atoms with Crippen molar-refractivity contribution >= 4 is 34.0 Å². The van der Waals surface area contributed by atoms with Crippen molar-refractivity contribution < 1.29 is 13.9 Å². The number of nitriles is 1. The van der Waals surface area contributed by atoms with Gasteiger partial charge in [0.2, 0.25) is 5.91 Å². The number of anilines is 1. The Morgan fingerprint density at radius 2 is 2.10 bits per heavy atom. The van der Waals surface area contributed by atoms with Gasteiger partial charge in [0.05, 0.1) is 23.5 Å². The van der Waals surface area contributed by atoms with Gasteiger partial charge in [-0.05, 0) is 50.3 Å². The number of aryl methyl sites for hydroxylation is 1. The second-order valence-corrected chi connectivity index (χ2v) is 9.60. The van der Waals surface area contributed by atoms with E-state index >= 15 is 0 Å². The van der Waals surface area contributed by atoms with Gasteiger partial charge in [-0.15, -0.1) is 21.5 Å². The quantitative estimate of drug-likeness (QED) is 0.410. The Hall–Kier alpha value is -2.83. The molecule has 3 aromatic rings. The van der Waals surface area contributed by atoms with Crippen molar-refractivity contribution in [1.82, 2.24) is 10.2 Å². The van der Waals surface area contributed by atoms with Gasteiger partial charge in [-0.25, -0.2) is 0 Å². The number of carbonyl (C=O) groups is 1. The third-order valence-electron chi connectivity index (χ3n) is 5.16. The van der Waals surface area contributed by atoms with Gasteiger partial charge in [-0.3, -0.25) is 4.79 Å². The van der Waals surface area contributed by atoms with Crippen molar-refractivity contribution in [2.45, 2.75) is 49.5 Å². The van der Waals surface area contributed by atoms with Crippen molar-refractivity contribution in [2.24, 2.45) is 0 Å². The van der Waals surface area contributed by atoms with Crippen LogP contribution in [0.2, 0.25) is 0 Å². The van der Waals surface area contributed by atoms with Gasteiger partial charge in [0, 0.05) is 4.88 Å². The van der Waals surface area contributed by atoms with Crippen LogP contribution in [0.25, 0.3) is 11.5 Å². The number of hydrogen-bond donors (Lipinski definition) is 1. The molecule has 2 aromatic heterocycles. The molecule has 1 atom stereocenters. The molecular weight excluding hydrogens is 432 g/mol. The lowest BCUT2D eigenvalue weighted by atomic mass is 10.1. The summed E-state index contributed by atoms with van der Waals surface area (Å²) in [6.45, 7) is 1.78. The smallest absolute Gasteiger partial charge is 0.277 e. The second-order valence-electron chi connectivity index (χ2n) is 7.20. The number of nitrogens with one attached hydrogen (secondary N) is 1. The zero-order valence-corrected chi connectivity index (χ0v) is 18.9. The predicted octanol–water partition coefficient (Wildman–Crippen LogP) is 5.07. The summed E-state index contributed by atoms with van der Waals surface area (Å²) in [5.74, 6) is 0.770. The summed E-state index contributed by atoms with van der Waals surface area (Å²) in [4.78, 5) is 14.0. The molecule has 31 heavy (non-hydrogen) atoms. The average molecular weight is 455 g/mol. The van der Waals surface area contributed by atoms with Crippen molar-refractivity contribution in [3.63, 3.8) is 0 Å². The minimum Gasteiger partial charge on any atom is -0.496 e. The molecule has 0 spiro atoms. The molecule has 1 N–H and O–H groups in total. The minimum absolute atomic E-state index is 0.199. The number of carbonyl (C=O) groups excluding carboxylic acids is 1. The molecule has 1 amide bonds. The molecule has 0 bridgehead atoms. The zero-order chi connectivity index (χ0) is 21.8. The van der Waals surface area contributed by atoms with Crippen LogP contribution in [0.5, 0.6) is 5.75 Å². The minimum atomic E-state index is -0.473. The molecule has 1 aliphatic carbocycles. The van der Waals surface area contributed by atoms with E-state index in [1.807, 2.05) is 24.3 Å². The van der Waals surface area contributed by atoms with E-state index in [2.05, 4.69) is 21.6 Å². The highest BCUT2D eigenvalue weighted by Gasteiger charge is 2.24. The van der Waals surface area contributed by atoms with Crippen LogP contribution < -0.4 is 10.1 Å². The fraction of sp³-hybridized carbons (Fsp3) is 0.364. The Balaban J connectivity index is 1.46. The van der Waals surface area contributed by atoms with Gasteiger partial charge in [0.15, 0.2) is 0 Å². The van der Waals surface area contributed by atoms with Crippen LogP contribution in [0.4, 0.5) is 5.00 Å². The summed E-state index contributed by atoms with van der Waals surface area (Å²) in [6, 6.07) is 9.67. The van der Waals surface area contributed by atoms with E-state index in [0.717, 1.165) is 31.2 Å². The lowest BCUT2D eigenvalue weighted by molar-refractivity contribution is -0.115. The molecule has 0 aliphatic heterocycles. The van der Waals surface area contributed by atoms with Crippen LogP contribution in [-0.4, -0.2) is 28.5 Å². The Labute approximate surface area is 188 Å². The number of nitrogens with zero attached hydrogens (tertiary/aromatic N) is 3. The van der Waals surface area contributed by atoms with Crippen LogP contribution in [-0.2, 0) is 17.6 Å². The van der Waals surface area contributed by atoms with E-state index in [1.165, 1.54) is 34.4 Å². The standard InChI is InChI=1S/C22H22N4O3S2/c1-13(30-22-26-25-20(29-22)15-9-6-7-10-17(15)28-2)19(27)24-21-16(12-23)14-8-4-3-5-11-18(14)31-21/h6-7,9-10,13H,3-5,8,11H2,1-2H3,(H,24,27)/t13-/m1/s1. The Morgan fingerprint density at radius 3 is 2.90 bits per heavy atom. The van der Waals surface area contributed by atoms with E-state index < -0.39 is 5.25 Å². The number of amides is 1. The van der Waals surface area contributed by atoms with Gasteiger partial charge in [0.25, 0.3) is 11.1 Å². The molecule has 1 aliphatic rings. The van der Waals surface area contributed by atoms with Crippen LogP contribution in [0.3, 0.4) is 0 Å². The number of para-hydroxylation sites is 1. The fourth-order valence-electron chi connectivity index (χ4n) is 3.55. The van der Waals surface area contributed by atoms with E-state index in [4.69, 9.17) is 9.15 Å². The van der Waals surface area contributed by atoms with E-state index in [0.29, 0.717) is 33.0 Å². The first-order valence-corrected chi connectivity index (χ1v) is 11.8. The highest BCUT2D eigenvalue weighted by Crippen LogP contribution is 2.38. The van der Waals surface area contributed by atoms with E-state index in [1.54, 1.807) is 14.0 Å². The largest absolute Gasteiger partial charge is 0.496 e. The Kier molecular flexibility index (Phi) is 6.59. The van der Waals surface area contributed by atoms with Crippen molar-refractivity contribution in [3.8, 4) is 23.3 Å². The number of thioether (sulfide) groups is 1. The van der Waals surface area contributed by atoms with Gasteiger partial charge in [-0.2, -0.15) is 5.26 Å². The predicted molar refractivity (Wildman–Crippen MR) is 121 cm³/mol. The van der Waals surface area contributed by atoms with E-state index in [-0.39, 0.29) is 5.91 Å². The molecule has 7 nitrogen and oxygen atoms in total. The topological polar surface area (TPSA) is 101 Å². The van der Waals surface area contributed by atoms with Gasteiger partial charge in [-0.1, -0.05) is 30.3 Å². The molecule has 0 saturated carbocycles. The first-order valence-electron chi connectivity index (χ1n) is 10.1. The summed E-state index contributed by atoms with van der Waals surface area (Å²) in [6.07, 6.45) is 5.28. The lowest BCUT2D eigenvalue weighted by Crippen LogP contribution is -2.22. The maximum absolute atomic E-state index is 12.8.